The summed E-state index contributed by atoms with van der Waals surface area (Å²) in [5.74, 6) is 0.854. The fourth-order valence-corrected chi connectivity index (χ4v) is 3.17. The molecule has 2 atom stereocenters. The minimum absolute atomic E-state index is 0.152. The number of nitrogens with zero attached hydrogens (tertiary/aromatic N) is 2. The first kappa shape index (κ1) is 15.9. The van der Waals surface area contributed by atoms with E-state index in [2.05, 4.69) is 17.9 Å². The van der Waals surface area contributed by atoms with Crippen LogP contribution in [0.3, 0.4) is 0 Å². The summed E-state index contributed by atoms with van der Waals surface area (Å²) in [5.41, 5.74) is 1.05. The topological polar surface area (TPSA) is 36.3 Å². The van der Waals surface area contributed by atoms with Crippen LogP contribution in [-0.2, 0) is 0 Å². The lowest BCUT2D eigenvalue weighted by atomic mass is 9.95. The Morgan fingerprint density at radius 2 is 2.19 bits per heavy atom. The molecule has 0 aromatic heterocycles. The van der Waals surface area contributed by atoms with Crippen LogP contribution in [0.5, 0.6) is 5.75 Å². The van der Waals surface area contributed by atoms with Crippen LogP contribution in [0.1, 0.15) is 58.1 Å². The van der Waals surface area contributed by atoms with Gasteiger partial charge in [0.1, 0.15) is 11.8 Å². The molecule has 2 rings (SSSR count). The Morgan fingerprint density at radius 3 is 2.86 bits per heavy atom. The van der Waals surface area contributed by atoms with Crippen molar-refractivity contribution in [3.05, 3.63) is 29.8 Å². The highest BCUT2D eigenvalue weighted by atomic mass is 16.5. The first-order valence-electron chi connectivity index (χ1n) is 8.07. The quantitative estimate of drug-likeness (QED) is 0.809. The summed E-state index contributed by atoms with van der Waals surface area (Å²) in [7, 11) is 0. The summed E-state index contributed by atoms with van der Waals surface area (Å²) in [4.78, 5) is 2.37. The zero-order valence-electron chi connectivity index (χ0n) is 13.4. The van der Waals surface area contributed by atoms with Crippen LogP contribution in [0.2, 0.25) is 0 Å². The van der Waals surface area contributed by atoms with Gasteiger partial charge in [-0.1, -0.05) is 25.5 Å². The highest BCUT2D eigenvalue weighted by Crippen LogP contribution is 2.31. The van der Waals surface area contributed by atoms with E-state index in [-0.39, 0.29) is 12.1 Å². The Hall–Kier alpha value is -1.53. The lowest BCUT2D eigenvalue weighted by Gasteiger charge is -2.38. The molecule has 3 nitrogen and oxygen atoms in total. The molecule has 0 saturated carbocycles. The van der Waals surface area contributed by atoms with Gasteiger partial charge < -0.3 is 4.74 Å². The molecule has 21 heavy (non-hydrogen) atoms. The molecular weight excluding hydrogens is 260 g/mol. The Balaban J connectivity index is 2.22. The van der Waals surface area contributed by atoms with Gasteiger partial charge in [0.25, 0.3) is 0 Å². The number of piperidine rings is 1. The molecule has 0 amide bonds. The number of hydrogen-bond donors (Lipinski definition) is 0. The van der Waals surface area contributed by atoms with Gasteiger partial charge >= 0.3 is 0 Å². The molecule has 1 saturated heterocycles. The summed E-state index contributed by atoms with van der Waals surface area (Å²) in [5, 5.41) is 9.69. The molecule has 1 aromatic carbocycles. The number of benzene rings is 1. The lowest BCUT2D eigenvalue weighted by molar-refractivity contribution is 0.116. The molecule has 0 aliphatic carbocycles. The summed E-state index contributed by atoms with van der Waals surface area (Å²) < 4.78 is 5.76. The molecule has 1 fully saturated rings. The second kappa shape index (κ2) is 7.47. The minimum atomic E-state index is -0.161. The molecule has 1 aliphatic rings. The van der Waals surface area contributed by atoms with E-state index in [1.54, 1.807) is 0 Å². The third-order valence-corrected chi connectivity index (χ3v) is 4.14. The van der Waals surface area contributed by atoms with Gasteiger partial charge in [-0.15, -0.1) is 0 Å². The largest absolute Gasteiger partial charge is 0.491 e. The standard InChI is InChI=1S/C18H26N2O/c1-4-16-9-5-6-11-20(16)18(13-19)15-8-7-10-17(12-15)21-14(2)3/h7-8,10,12,14,16,18H,4-6,9,11H2,1-3H3. The average Bonchev–Trinajstić information content (AvgIpc) is 2.48. The van der Waals surface area contributed by atoms with E-state index in [0.717, 1.165) is 24.3 Å². The molecule has 1 aromatic rings. The third-order valence-electron chi connectivity index (χ3n) is 4.14. The number of ether oxygens (including phenoxy) is 1. The molecule has 0 N–H and O–H groups in total. The molecular formula is C18H26N2O. The first-order chi connectivity index (χ1) is 10.2. The van der Waals surface area contributed by atoms with Crippen LogP contribution in [0, 0.1) is 11.3 Å². The Bertz CT molecular complexity index is 492. The first-order valence-corrected chi connectivity index (χ1v) is 8.07. The molecule has 2 unspecified atom stereocenters. The predicted octanol–water partition coefficient (Wildman–Crippen LogP) is 4.30. The van der Waals surface area contributed by atoms with E-state index in [9.17, 15) is 5.26 Å². The van der Waals surface area contributed by atoms with Crippen molar-refractivity contribution in [1.29, 1.82) is 5.26 Å². The molecule has 0 spiro atoms. The fraction of sp³-hybridized carbons (Fsp3) is 0.611. The van der Waals surface area contributed by atoms with Crippen LogP contribution < -0.4 is 4.74 Å². The zero-order valence-corrected chi connectivity index (χ0v) is 13.4. The maximum Gasteiger partial charge on any atom is 0.124 e. The van der Waals surface area contributed by atoms with Gasteiger partial charge in [0.05, 0.1) is 12.2 Å². The van der Waals surface area contributed by atoms with E-state index in [0.29, 0.717) is 6.04 Å². The molecule has 1 aliphatic heterocycles. The second-order valence-electron chi connectivity index (χ2n) is 6.07. The number of likely N-dealkylation sites (tertiary alicyclic amines) is 1. The molecule has 114 valence electrons. The SMILES string of the molecule is CCC1CCCCN1C(C#N)c1cccc(OC(C)C)c1. The van der Waals surface area contributed by atoms with Crippen molar-refractivity contribution in [1.82, 2.24) is 4.90 Å². The number of rotatable bonds is 5. The van der Waals surface area contributed by atoms with Crippen molar-refractivity contribution in [3.63, 3.8) is 0 Å². The number of hydrogen-bond acceptors (Lipinski definition) is 3. The van der Waals surface area contributed by atoms with Crippen molar-refractivity contribution < 1.29 is 4.74 Å². The van der Waals surface area contributed by atoms with Crippen LogP contribution in [0.15, 0.2) is 24.3 Å². The van der Waals surface area contributed by atoms with Crippen molar-refractivity contribution in [2.45, 2.75) is 64.6 Å². The molecule has 0 bridgehead atoms. The Labute approximate surface area is 128 Å². The minimum Gasteiger partial charge on any atom is -0.491 e. The van der Waals surface area contributed by atoms with E-state index in [1.165, 1.54) is 19.3 Å². The van der Waals surface area contributed by atoms with Crippen molar-refractivity contribution in [2.75, 3.05) is 6.54 Å². The van der Waals surface area contributed by atoms with Gasteiger partial charge in [-0.3, -0.25) is 4.90 Å². The van der Waals surface area contributed by atoms with Crippen LogP contribution in [0.4, 0.5) is 0 Å². The molecule has 1 heterocycles. The maximum absolute atomic E-state index is 9.69. The van der Waals surface area contributed by atoms with Crippen LogP contribution in [-0.4, -0.2) is 23.6 Å². The van der Waals surface area contributed by atoms with Gasteiger partial charge in [0.15, 0.2) is 0 Å². The van der Waals surface area contributed by atoms with E-state index in [4.69, 9.17) is 4.74 Å². The van der Waals surface area contributed by atoms with Gasteiger partial charge in [-0.05, 0) is 50.8 Å². The van der Waals surface area contributed by atoms with Crippen molar-refractivity contribution in [2.24, 2.45) is 0 Å². The second-order valence-corrected chi connectivity index (χ2v) is 6.07. The fourth-order valence-electron chi connectivity index (χ4n) is 3.17. The highest BCUT2D eigenvalue weighted by molar-refractivity contribution is 5.33. The smallest absolute Gasteiger partial charge is 0.124 e. The summed E-state index contributed by atoms with van der Waals surface area (Å²) in [6, 6.07) is 10.9. The monoisotopic (exact) mass is 286 g/mol. The third kappa shape index (κ3) is 3.98. The van der Waals surface area contributed by atoms with Crippen LogP contribution >= 0.6 is 0 Å². The average molecular weight is 286 g/mol. The Kier molecular flexibility index (Phi) is 5.64. The maximum atomic E-state index is 9.69. The summed E-state index contributed by atoms with van der Waals surface area (Å²) in [6.45, 7) is 7.28. The van der Waals surface area contributed by atoms with E-state index >= 15 is 0 Å². The normalized spacial score (nSPS) is 21.0. The highest BCUT2D eigenvalue weighted by Gasteiger charge is 2.28. The number of nitriles is 1. The van der Waals surface area contributed by atoms with Crippen molar-refractivity contribution in [3.8, 4) is 11.8 Å². The lowest BCUT2D eigenvalue weighted by Crippen LogP contribution is -2.41. The van der Waals surface area contributed by atoms with Crippen molar-refractivity contribution >= 4 is 0 Å². The molecule has 3 heteroatoms. The summed E-state index contributed by atoms with van der Waals surface area (Å²) in [6.07, 6.45) is 4.94. The zero-order chi connectivity index (χ0) is 15.2. The summed E-state index contributed by atoms with van der Waals surface area (Å²) >= 11 is 0. The van der Waals surface area contributed by atoms with E-state index < -0.39 is 0 Å². The molecule has 0 radical (unpaired) electrons. The predicted molar refractivity (Wildman–Crippen MR) is 85.2 cm³/mol. The van der Waals surface area contributed by atoms with Gasteiger partial charge in [0, 0.05) is 12.6 Å². The van der Waals surface area contributed by atoms with Gasteiger partial charge in [-0.2, -0.15) is 5.26 Å². The van der Waals surface area contributed by atoms with Crippen LogP contribution in [0.25, 0.3) is 0 Å². The van der Waals surface area contributed by atoms with Gasteiger partial charge in [0.2, 0.25) is 0 Å². The van der Waals surface area contributed by atoms with Gasteiger partial charge in [-0.25, -0.2) is 0 Å². The van der Waals surface area contributed by atoms with E-state index in [1.807, 2.05) is 38.1 Å². The Morgan fingerprint density at radius 1 is 1.38 bits per heavy atom.